The molecule has 0 bridgehead atoms. The molecule has 108 valence electrons. The number of aryl methyl sites for hydroxylation is 1. The van der Waals surface area contributed by atoms with E-state index in [2.05, 4.69) is 102 Å². The SMILES string of the molecule is Cc1ccc2c(c1)[S][Pb]([c]1ccccc1)([c]1ccccc1)[S]2. The Morgan fingerprint density at radius 3 is 1.77 bits per heavy atom. The third-order valence-electron chi connectivity index (χ3n) is 3.91. The molecular formula is C19H16PbS2. The van der Waals surface area contributed by atoms with Crippen LogP contribution in [0.3, 0.4) is 0 Å². The molecule has 0 aromatic heterocycles. The summed E-state index contributed by atoms with van der Waals surface area (Å²) in [5.41, 5.74) is 1.36. The van der Waals surface area contributed by atoms with Gasteiger partial charge in [-0.05, 0) is 0 Å². The normalized spacial score (nSPS) is 15.5. The summed E-state index contributed by atoms with van der Waals surface area (Å²) in [6, 6.07) is 29.3. The third-order valence-corrected chi connectivity index (χ3v) is 38.7. The minimum atomic E-state index is -2.96. The van der Waals surface area contributed by atoms with Crippen molar-refractivity contribution in [2.75, 3.05) is 0 Å². The number of hydrogen-bond donors (Lipinski definition) is 0. The Kier molecular flexibility index (Phi) is 4.09. The molecule has 0 radical (unpaired) electrons. The van der Waals surface area contributed by atoms with Crippen LogP contribution in [0.2, 0.25) is 0 Å². The summed E-state index contributed by atoms with van der Waals surface area (Å²) in [5, 5.41) is 0. The van der Waals surface area contributed by atoms with Crippen LogP contribution in [0.25, 0.3) is 0 Å². The standard InChI is InChI=1S/C7H8S2.2C6H5.Pb/c1-5-2-3-6(8)7(9)4-5;2*1-2-4-6-5-3-1;/h2-4,8-9H,1H3;2*1-5H;/q;;;+2/p-2. The molecule has 4 rings (SSSR count). The predicted molar refractivity (Wildman–Crippen MR) is 101 cm³/mol. The Labute approximate surface area is 141 Å². The molecule has 0 saturated heterocycles. The predicted octanol–water partition coefficient (Wildman–Crippen LogP) is 4.45. The molecule has 0 atom stereocenters. The van der Waals surface area contributed by atoms with Crippen molar-refractivity contribution in [1.29, 1.82) is 0 Å². The minimum absolute atomic E-state index is 1.36. The van der Waals surface area contributed by atoms with E-state index < -0.39 is 18.2 Å². The van der Waals surface area contributed by atoms with E-state index in [4.69, 9.17) is 0 Å². The molecule has 0 N–H and O–H groups in total. The first kappa shape index (κ1) is 14.8. The second-order valence-electron chi connectivity index (χ2n) is 5.50. The first-order valence-electron chi connectivity index (χ1n) is 7.38. The van der Waals surface area contributed by atoms with Gasteiger partial charge in [-0.3, -0.25) is 0 Å². The second kappa shape index (κ2) is 6.06. The Balaban J connectivity index is 1.90. The van der Waals surface area contributed by atoms with Gasteiger partial charge in [-0.1, -0.05) is 0 Å². The topological polar surface area (TPSA) is 0 Å². The van der Waals surface area contributed by atoms with Gasteiger partial charge < -0.3 is 0 Å². The van der Waals surface area contributed by atoms with Crippen molar-refractivity contribution in [1.82, 2.24) is 0 Å². The van der Waals surface area contributed by atoms with Gasteiger partial charge in [0.05, 0.1) is 0 Å². The van der Waals surface area contributed by atoms with Gasteiger partial charge in [0.1, 0.15) is 0 Å². The molecule has 0 fully saturated rings. The summed E-state index contributed by atoms with van der Waals surface area (Å²) in [5.74, 6) is 0. The number of hydrogen-bond acceptors (Lipinski definition) is 2. The summed E-state index contributed by atoms with van der Waals surface area (Å²) in [6.07, 6.45) is 0. The molecule has 0 saturated carbocycles. The van der Waals surface area contributed by atoms with Gasteiger partial charge in [0.25, 0.3) is 0 Å². The van der Waals surface area contributed by atoms with E-state index in [1.807, 2.05) is 0 Å². The Bertz CT molecular complexity index is 761. The molecule has 1 aliphatic rings. The zero-order valence-corrected chi connectivity index (χ0v) is 17.8. The summed E-state index contributed by atoms with van der Waals surface area (Å²) < 4.78 is 3.15. The van der Waals surface area contributed by atoms with Gasteiger partial charge in [-0.2, -0.15) is 0 Å². The van der Waals surface area contributed by atoms with Crippen molar-refractivity contribution in [2.24, 2.45) is 0 Å². The molecule has 3 aromatic carbocycles. The van der Waals surface area contributed by atoms with Gasteiger partial charge in [-0.15, -0.1) is 0 Å². The van der Waals surface area contributed by atoms with Crippen LogP contribution < -0.4 is 6.25 Å². The van der Waals surface area contributed by atoms with Crippen molar-refractivity contribution in [3.05, 3.63) is 84.4 Å². The summed E-state index contributed by atoms with van der Waals surface area (Å²) in [6.45, 7) is 2.19. The monoisotopic (exact) mass is 516 g/mol. The van der Waals surface area contributed by atoms with Crippen LogP contribution in [-0.2, 0) is 0 Å². The second-order valence-corrected chi connectivity index (χ2v) is 33.8. The number of rotatable bonds is 2. The van der Waals surface area contributed by atoms with Crippen LogP contribution in [-0.4, -0.2) is 18.2 Å². The van der Waals surface area contributed by atoms with E-state index in [-0.39, 0.29) is 0 Å². The fraction of sp³-hybridized carbons (Fsp3) is 0.0526. The molecule has 3 aromatic rings. The van der Waals surface area contributed by atoms with Crippen LogP contribution in [0.1, 0.15) is 5.56 Å². The fourth-order valence-electron chi connectivity index (χ4n) is 2.83. The zero-order valence-electron chi connectivity index (χ0n) is 12.3. The molecule has 0 amide bonds. The van der Waals surface area contributed by atoms with Crippen LogP contribution in [0.15, 0.2) is 88.7 Å². The molecule has 0 nitrogen and oxygen atoms in total. The average molecular weight is 516 g/mol. The van der Waals surface area contributed by atoms with E-state index in [0.717, 1.165) is 0 Å². The van der Waals surface area contributed by atoms with E-state index in [0.29, 0.717) is 0 Å². The van der Waals surface area contributed by atoms with Crippen LogP contribution in [0.4, 0.5) is 0 Å². The van der Waals surface area contributed by atoms with Crippen molar-refractivity contribution in [2.45, 2.75) is 16.7 Å². The molecule has 0 unspecified atom stereocenters. The Morgan fingerprint density at radius 1 is 0.636 bits per heavy atom. The van der Waals surface area contributed by atoms with Crippen molar-refractivity contribution < 1.29 is 0 Å². The zero-order chi connectivity index (χ0) is 15.0. The molecule has 3 heteroatoms. The van der Waals surface area contributed by atoms with Gasteiger partial charge in [0.15, 0.2) is 0 Å². The summed E-state index contributed by atoms with van der Waals surface area (Å²) in [7, 11) is 4.37. The van der Waals surface area contributed by atoms with Crippen molar-refractivity contribution in [3.63, 3.8) is 0 Å². The summed E-state index contributed by atoms with van der Waals surface area (Å²) in [4.78, 5) is 2.96. The first-order valence-corrected chi connectivity index (χ1v) is 22.4. The van der Waals surface area contributed by atoms with Gasteiger partial charge in [-0.25, -0.2) is 0 Å². The van der Waals surface area contributed by atoms with Gasteiger partial charge in [0, 0.05) is 0 Å². The molecule has 1 aliphatic heterocycles. The maximum atomic E-state index is 2.36. The van der Waals surface area contributed by atoms with Gasteiger partial charge >= 0.3 is 142 Å². The third kappa shape index (κ3) is 2.55. The first-order chi connectivity index (χ1) is 10.8. The Hall–Kier alpha value is -0.718. The van der Waals surface area contributed by atoms with E-state index >= 15 is 0 Å². The number of fused-ring (bicyclic) bond motifs is 1. The quantitative estimate of drug-likeness (QED) is 0.463. The van der Waals surface area contributed by atoms with Crippen molar-refractivity contribution >= 4 is 41.0 Å². The fourth-order valence-corrected chi connectivity index (χ4v) is 40.7. The summed E-state index contributed by atoms with van der Waals surface area (Å²) >= 11 is -2.96. The average Bonchev–Trinajstić information content (AvgIpc) is 2.96. The van der Waals surface area contributed by atoms with E-state index in [1.54, 1.807) is 6.25 Å². The molecule has 1 heterocycles. The maximum absolute atomic E-state index is 2.96. The molecular weight excluding hydrogens is 500 g/mol. The van der Waals surface area contributed by atoms with E-state index in [1.165, 1.54) is 15.4 Å². The molecule has 22 heavy (non-hydrogen) atoms. The van der Waals surface area contributed by atoms with Crippen LogP contribution >= 0.6 is 16.6 Å². The van der Waals surface area contributed by atoms with Gasteiger partial charge in [0.2, 0.25) is 0 Å². The van der Waals surface area contributed by atoms with Crippen LogP contribution in [0, 0.1) is 6.92 Å². The number of benzene rings is 3. The van der Waals surface area contributed by atoms with E-state index in [9.17, 15) is 0 Å². The molecule has 0 spiro atoms. The molecule has 0 aliphatic carbocycles. The van der Waals surface area contributed by atoms with Crippen molar-refractivity contribution in [3.8, 4) is 0 Å². The van der Waals surface area contributed by atoms with Crippen LogP contribution in [0.5, 0.6) is 0 Å². The Morgan fingerprint density at radius 2 is 1.18 bits per heavy atom.